The van der Waals surface area contributed by atoms with Crippen molar-refractivity contribution in [1.82, 2.24) is 19.7 Å². The molecule has 1 heterocycles. The third-order valence-electron chi connectivity index (χ3n) is 3.21. The lowest BCUT2D eigenvalue weighted by atomic mass is 10.1. The molecule has 1 aromatic heterocycles. The first-order chi connectivity index (χ1) is 10.4. The molecule has 0 saturated heterocycles. The minimum atomic E-state index is -3.58. The number of aromatic nitrogens is 3. The third kappa shape index (κ3) is 4.88. The van der Waals surface area contributed by atoms with Crippen molar-refractivity contribution in [3.05, 3.63) is 48.0 Å². The Balaban J connectivity index is 2.07. The zero-order chi connectivity index (χ0) is 16.2. The van der Waals surface area contributed by atoms with Crippen LogP contribution in [0.4, 0.5) is 4.39 Å². The fourth-order valence-corrected chi connectivity index (χ4v) is 3.53. The van der Waals surface area contributed by atoms with Gasteiger partial charge in [0, 0.05) is 6.04 Å². The molecular weight excluding hydrogens is 307 g/mol. The molecule has 0 spiro atoms. The van der Waals surface area contributed by atoms with Crippen molar-refractivity contribution in [3.63, 3.8) is 0 Å². The van der Waals surface area contributed by atoms with Gasteiger partial charge in [-0.1, -0.05) is 26.0 Å². The van der Waals surface area contributed by atoms with Gasteiger partial charge in [0.2, 0.25) is 10.0 Å². The Morgan fingerprint density at radius 1 is 1.27 bits per heavy atom. The van der Waals surface area contributed by atoms with E-state index in [0.29, 0.717) is 12.1 Å². The number of rotatable bonds is 7. The summed E-state index contributed by atoms with van der Waals surface area (Å²) in [4.78, 5) is 1.44. The lowest BCUT2D eigenvalue weighted by molar-refractivity contribution is 0.361. The lowest BCUT2D eigenvalue weighted by Gasteiger charge is -2.21. The molecule has 1 aromatic carbocycles. The highest BCUT2D eigenvalue weighted by Crippen LogP contribution is 2.11. The van der Waals surface area contributed by atoms with Crippen LogP contribution < -0.4 is 4.72 Å². The number of benzene rings is 1. The smallest absolute Gasteiger partial charge is 0.212 e. The molecule has 120 valence electrons. The van der Waals surface area contributed by atoms with Crippen molar-refractivity contribution in [1.29, 1.82) is 0 Å². The van der Waals surface area contributed by atoms with Gasteiger partial charge in [-0.15, -0.1) is 0 Å². The molecule has 0 aliphatic heterocycles. The highest BCUT2D eigenvalue weighted by atomic mass is 32.2. The molecule has 1 atom stereocenters. The summed E-state index contributed by atoms with van der Waals surface area (Å²) in [5, 5.41) is 7.97. The monoisotopic (exact) mass is 326 g/mol. The van der Waals surface area contributed by atoms with Crippen molar-refractivity contribution >= 4 is 10.0 Å². The van der Waals surface area contributed by atoms with Crippen LogP contribution in [0.5, 0.6) is 0 Å². The molecule has 0 unspecified atom stereocenters. The Labute approximate surface area is 129 Å². The second-order valence-corrected chi connectivity index (χ2v) is 7.20. The number of nitrogens with one attached hydrogen (secondary N) is 1. The summed E-state index contributed by atoms with van der Waals surface area (Å²) in [6.45, 7) is 4.17. The minimum Gasteiger partial charge on any atom is -0.212 e. The first-order valence-corrected chi connectivity index (χ1v) is 8.59. The normalized spacial score (nSPS) is 13.5. The number of halogens is 1. The Kier molecular flexibility index (Phi) is 5.25. The molecule has 1 N–H and O–H groups in total. The van der Waals surface area contributed by atoms with Crippen molar-refractivity contribution in [3.8, 4) is 0 Å². The number of nitrogens with zero attached hydrogens (tertiary/aromatic N) is 3. The van der Waals surface area contributed by atoms with Gasteiger partial charge < -0.3 is 0 Å². The van der Waals surface area contributed by atoms with Crippen LogP contribution in [-0.4, -0.2) is 29.5 Å². The summed E-state index contributed by atoms with van der Waals surface area (Å²) in [6.07, 6.45) is 3.08. The van der Waals surface area contributed by atoms with E-state index in [1.54, 1.807) is 18.5 Å². The summed E-state index contributed by atoms with van der Waals surface area (Å²) in [6, 6.07) is 5.24. The summed E-state index contributed by atoms with van der Waals surface area (Å²) >= 11 is 0. The second-order valence-electron chi connectivity index (χ2n) is 5.44. The molecule has 0 bridgehead atoms. The third-order valence-corrected chi connectivity index (χ3v) is 4.58. The molecule has 22 heavy (non-hydrogen) atoms. The van der Waals surface area contributed by atoms with Gasteiger partial charge in [-0.2, -0.15) is 15.0 Å². The SMILES string of the molecule is CC(C)[C@@H](Cn1nccn1)NS(=O)(=O)Cc1cccc(F)c1. The molecule has 0 aliphatic rings. The first-order valence-electron chi connectivity index (χ1n) is 6.94. The van der Waals surface area contributed by atoms with Gasteiger partial charge >= 0.3 is 0 Å². The van der Waals surface area contributed by atoms with E-state index < -0.39 is 15.8 Å². The van der Waals surface area contributed by atoms with Crippen LogP contribution >= 0.6 is 0 Å². The molecule has 0 fully saturated rings. The van der Waals surface area contributed by atoms with Gasteiger partial charge in [-0.3, -0.25) is 0 Å². The van der Waals surface area contributed by atoms with Crippen LogP contribution in [0.15, 0.2) is 36.7 Å². The predicted octanol–water partition coefficient (Wildman–Crippen LogP) is 1.56. The molecule has 8 heteroatoms. The largest absolute Gasteiger partial charge is 0.216 e. The van der Waals surface area contributed by atoms with Crippen LogP contribution in [0, 0.1) is 11.7 Å². The van der Waals surface area contributed by atoms with E-state index in [1.165, 1.54) is 23.0 Å². The second kappa shape index (κ2) is 6.97. The highest BCUT2D eigenvalue weighted by molar-refractivity contribution is 7.88. The number of sulfonamides is 1. The Hall–Kier alpha value is -1.80. The van der Waals surface area contributed by atoms with Gasteiger partial charge in [0.05, 0.1) is 24.7 Å². The highest BCUT2D eigenvalue weighted by Gasteiger charge is 2.22. The predicted molar refractivity (Wildman–Crippen MR) is 80.8 cm³/mol. The van der Waals surface area contributed by atoms with E-state index in [2.05, 4.69) is 14.9 Å². The lowest BCUT2D eigenvalue weighted by Crippen LogP contribution is -2.42. The van der Waals surface area contributed by atoms with Gasteiger partial charge in [0.15, 0.2) is 0 Å². The quantitative estimate of drug-likeness (QED) is 0.838. The summed E-state index contributed by atoms with van der Waals surface area (Å²) in [7, 11) is -3.58. The van der Waals surface area contributed by atoms with E-state index in [0.717, 1.165) is 0 Å². The molecule has 0 aliphatic carbocycles. The van der Waals surface area contributed by atoms with Crippen molar-refractivity contribution in [2.24, 2.45) is 5.92 Å². The van der Waals surface area contributed by atoms with Crippen LogP contribution in [-0.2, 0) is 22.3 Å². The maximum atomic E-state index is 13.2. The summed E-state index contributed by atoms with van der Waals surface area (Å²) in [5.41, 5.74) is 0.409. The van der Waals surface area contributed by atoms with Crippen LogP contribution in [0.3, 0.4) is 0 Å². The maximum Gasteiger partial charge on any atom is 0.216 e. The molecular formula is C14H19FN4O2S. The average Bonchev–Trinajstić information content (AvgIpc) is 2.90. The maximum absolute atomic E-state index is 13.2. The van der Waals surface area contributed by atoms with Crippen molar-refractivity contribution < 1.29 is 12.8 Å². The van der Waals surface area contributed by atoms with E-state index >= 15 is 0 Å². The Morgan fingerprint density at radius 2 is 1.95 bits per heavy atom. The summed E-state index contributed by atoms with van der Waals surface area (Å²) in [5.74, 6) is -0.650. The topological polar surface area (TPSA) is 76.9 Å². The Morgan fingerprint density at radius 3 is 2.55 bits per heavy atom. The minimum absolute atomic E-state index is 0.0632. The molecule has 0 radical (unpaired) electrons. The molecule has 2 rings (SSSR count). The summed E-state index contributed by atoms with van der Waals surface area (Å²) < 4.78 is 40.3. The zero-order valence-electron chi connectivity index (χ0n) is 12.5. The van der Waals surface area contributed by atoms with Gasteiger partial charge in [0.1, 0.15) is 5.82 Å². The first kappa shape index (κ1) is 16.6. The Bertz CT molecular complexity index is 701. The number of hydrogen-bond acceptors (Lipinski definition) is 4. The standard InChI is InChI=1S/C14H19FN4O2S/c1-11(2)14(9-19-16-6-7-17-19)18-22(20,21)10-12-4-3-5-13(15)8-12/h3-8,11,14,18H,9-10H2,1-2H3/t14-/m1/s1. The van der Waals surface area contributed by atoms with E-state index in [1.807, 2.05) is 13.8 Å². The van der Waals surface area contributed by atoms with Gasteiger partial charge in [0.25, 0.3) is 0 Å². The van der Waals surface area contributed by atoms with Crippen molar-refractivity contribution in [2.75, 3.05) is 0 Å². The fraction of sp³-hybridized carbons (Fsp3) is 0.429. The zero-order valence-corrected chi connectivity index (χ0v) is 13.3. The van der Waals surface area contributed by atoms with E-state index in [-0.39, 0.29) is 17.7 Å². The average molecular weight is 326 g/mol. The fourth-order valence-electron chi connectivity index (χ4n) is 2.02. The van der Waals surface area contributed by atoms with Crippen LogP contribution in [0.2, 0.25) is 0 Å². The molecule has 0 amide bonds. The molecule has 0 saturated carbocycles. The van der Waals surface area contributed by atoms with Crippen LogP contribution in [0.1, 0.15) is 19.4 Å². The van der Waals surface area contributed by atoms with E-state index in [9.17, 15) is 12.8 Å². The molecule has 2 aromatic rings. The van der Waals surface area contributed by atoms with Gasteiger partial charge in [-0.25, -0.2) is 17.5 Å². The van der Waals surface area contributed by atoms with Crippen LogP contribution in [0.25, 0.3) is 0 Å². The van der Waals surface area contributed by atoms with Gasteiger partial charge in [-0.05, 0) is 23.6 Å². The number of hydrogen-bond donors (Lipinski definition) is 1. The molecule has 6 nitrogen and oxygen atoms in total. The van der Waals surface area contributed by atoms with Crippen molar-refractivity contribution in [2.45, 2.75) is 32.2 Å². The van der Waals surface area contributed by atoms with E-state index in [4.69, 9.17) is 0 Å².